The number of hydrogen-bond donors (Lipinski definition) is 0. The molecular formula is C13H22N2OS. The number of rotatable bonds is 1. The molecule has 1 aromatic heterocycles. The van der Waals surface area contributed by atoms with Crippen molar-refractivity contribution in [1.29, 1.82) is 0 Å². The van der Waals surface area contributed by atoms with Gasteiger partial charge in [0, 0.05) is 26.2 Å². The summed E-state index contributed by atoms with van der Waals surface area (Å²) in [6, 6.07) is 3.82. The van der Waals surface area contributed by atoms with Crippen LogP contribution in [-0.2, 0) is 0 Å². The normalized spacial score (nSPS) is 16.3. The number of piperazine rings is 1. The van der Waals surface area contributed by atoms with Gasteiger partial charge in [-0.25, -0.2) is 0 Å². The molecule has 0 N–H and O–H groups in total. The molecule has 0 saturated carbocycles. The van der Waals surface area contributed by atoms with Crippen molar-refractivity contribution in [2.75, 3.05) is 33.2 Å². The van der Waals surface area contributed by atoms with Crippen LogP contribution in [0.2, 0.25) is 0 Å². The molecule has 1 amide bonds. The third-order valence-corrected chi connectivity index (χ3v) is 3.38. The van der Waals surface area contributed by atoms with Gasteiger partial charge in [-0.3, -0.25) is 4.79 Å². The monoisotopic (exact) mass is 254 g/mol. The number of hydrogen-bond acceptors (Lipinski definition) is 3. The summed E-state index contributed by atoms with van der Waals surface area (Å²) in [5, 5.41) is 1.95. The number of carbonyl (C=O) groups excluding carboxylic acids is 1. The van der Waals surface area contributed by atoms with Gasteiger partial charge < -0.3 is 9.80 Å². The predicted octanol–water partition coefficient (Wildman–Crippen LogP) is 2.55. The first-order valence-corrected chi connectivity index (χ1v) is 7.08. The molecule has 0 bridgehead atoms. The van der Waals surface area contributed by atoms with Crippen molar-refractivity contribution in [3.8, 4) is 0 Å². The van der Waals surface area contributed by atoms with Crippen LogP contribution in [0.4, 0.5) is 0 Å². The summed E-state index contributed by atoms with van der Waals surface area (Å²) >= 11 is 1.52. The Balaban J connectivity index is 0.000000437. The van der Waals surface area contributed by atoms with E-state index >= 15 is 0 Å². The average molecular weight is 254 g/mol. The van der Waals surface area contributed by atoms with Gasteiger partial charge in [-0.1, -0.05) is 26.3 Å². The molecule has 1 saturated heterocycles. The molecule has 2 rings (SSSR count). The highest BCUT2D eigenvalue weighted by atomic mass is 32.1. The second-order valence-corrected chi connectivity index (χ2v) is 5.23. The largest absolute Gasteiger partial charge is 0.335 e. The highest BCUT2D eigenvalue weighted by molar-refractivity contribution is 7.12. The van der Waals surface area contributed by atoms with Crippen molar-refractivity contribution in [2.45, 2.75) is 20.3 Å². The Bertz CT molecular complexity index is 316. The predicted molar refractivity (Wildman–Crippen MR) is 73.7 cm³/mol. The van der Waals surface area contributed by atoms with Gasteiger partial charge in [0.2, 0.25) is 0 Å². The van der Waals surface area contributed by atoms with Crippen LogP contribution >= 0.6 is 11.3 Å². The minimum Gasteiger partial charge on any atom is -0.335 e. The number of thiophene rings is 1. The third kappa shape index (κ3) is 4.48. The summed E-state index contributed by atoms with van der Waals surface area (Å²) in [4.78, 5) is 16.9. The molecule has 4 heteroatoms. The molecule has 0 atom stereocenters. The van der Waals surface area contributed by atoms with Crippen molar-refractivity contribution in [2.24, 2.45) is 0 Å². The summed E-state index contributed by atoms with van der Waals surface area (Å²) < 4.78 is 0. The number of likely N-dealkylation sites (N-methyl/N-ethyl adjacent to an activating group) is 1. The number of nitrogens with zero attached hydrogens (tertiary/aromatic N) is 2. The summed E-state index contributed by atoms with van der Waals surface area (Å²) in [5.41, 5.74) is 0. The molecule has 1 aromatic rings. The minimum absolute atomic E-state index is 0.188. The van der Waals surface area contributed by atoms with E-state index in [1.165, 1.54) is 17.8 Å². The second kappa shape index (κ2) is 7.45. The smallest absolute Gasteiger partial charge is 0.264 e. The minimum atomic E-state index is 0.188. The van der Waals surface area contributed by atoms with E-state index in [-0.39, 0.29) is 5.91 Å². The van der Waals surface area contributed by atoms with E-state index in [1.54, 1.807) is 0 Å². The Hall–Kier alpha value is -0.870. The molecule has 17 heavy (non-hydrogen) atoms. The van der Waals surface area contributed by atoms with Crippen LogP contribution in [-0.4, -0.2) is 48.9 Å². The Labute approximate surface area is 108 Å². The maximum absolute atomic E-state index is 11.9. The summed E-state index contributed by atoms with van der Waals surface area (Å²) in [7, 11) is 2.09. The van der Waals surface area contributed by atoms with Crippen LogP contribution in [0.5, 0.6) is 0 Å². The molecule has 0 radical (unpaired) electrons. The van der Waals surface area contributed by atoms with Crippen LogP contribution in [0.3, 0.4) is 0 Å². The molecule has 0 aromatic carbocycles. The lowest BCUT2D eigenvalue weighted by atomic mass is 10.3. The molecule has 0 aliphatic carbocycles. The molecule has 1 aliphatic rings. The lowest BCUT2D eigenvalue weighted by Gasteiger charge is -2.32. The van der Waals surface area contributed by atoms with E-state index in [0.29, 0.717) is 0 Å². The third-order valence-electron chi connectivity index (χ3n) is 2.52. The van der Waals surface area contributed by atoms with E-state index < -0.39 is 0 Å². The zero-order chi connectivity index (χ0) is 12.7. The lowest BCUT2D eigenvalue weighted by Crippen LogP contribution is -2.46. The van der Waals surface area contributed by atoms with Crippen LogP contribution < -0.4 is 0 Å². The Morgan fingerprint density at radius 3 is 2.35 bits per heavy atom. The maximum Gasteiger partial charge on any atom is 0.264 e. The molecule has 0 spiro atoms. The molecule has 1 fully saturated rings. The maximum atomic E-state index is 11.9. The van der Waals surface area contributed by atoms with E-state index in [4.69, 9.17) is 0 Å². The Morgan fingerprint density at radius 1 is 1.29 bits per heavy atom. The molecular weight excluding hydrogens is 232 g/mol. The molecule has 96 valence electrons. The van der Waals surface area contributed by atoms with Crippen LogP contribution in [0.15, 0.2) is 17.5 Å². The van der Waals surface area contributed by atoms with E-state index in [9.17, 15) is 4.79 Å². The van der Waals surface area contributed by atoms with E-state index in [0.717, 1.165) is 31.1 Å². The van der Waals surface area contributed by atoms with E-state index in [2.05, 4.69) is 25.8 Å². The van der Waals surface area contributed by atoms with Gasteiger partial charge in [0.1, 0.15) is 0 Å². The Morgan fingerprint density at radius 2 is 1.88 bits per heavy atom. The fourth-order valence-corrected chi connectivity index (χ4v) is 2.26. The first kappa shape index (κ1) is 14.2. The van der Waals surface area contributed by atoms with Crippen LogP contribution in [0.25, 0.3) is 0 Å². The molecule has 3 nitrogen and oxygen atoms in total. The summed E-state index contributed by atoms with van der Waals surface area (Å²) in [6.45, 7) is 7.93. The van der Waals surface area contributed by atoms with Crippen molar-refractivity contribution < 1.29 is 4.79 Å². The molecule has 0 unspecified atom stereocenters. The van der Waals surface area contributed by atoms with Gasteiger partial charge in [0.15, 0.2) is 0 Å². The zero-order valence-corrected chi connectivity index (χ0v) is 11.8. The van der Waals surface area contributed by atoms with Gasteiger partial charge in [0.05, 0.1) is 4.88 Å². The lowest BCUT2D eigenvalue weighted by molar-refractivity contribution is 0.0669. The number of amides is 1. The van der Waals surface area contributed by atoms with Crippen molar-refractivity contribution in [1.82, 2.24) is 9.80 Å². The molecule has 1 aliphatic heterocycles. The van der Waals surface area contributed by atoms with Crippen LogP contribution in [0.1, 0.15) is 29.9 Å². The first-order chi connectivity index (χ1) is 8.19. The van der Waals surface area contributed by atoms with E-state index in [1.807, 2.05) is 22.4 Å². The SMILES string of the molecule is CCC.CN1CCN(C(=O)c2cccs2)CC1. The van der Waals surface area contributed by atoms with Crippen LogP contribution in [0, 0.1) is 0 Å². The van der Waals surface area contributed by atoms with Gasteiger partial charge in [-0.05, 0) is 18.5 Å². The average Bonchev–Trinajstić information content (AvgIpc) is 2.83. The standard InChI is InChI=1S/C10H14N2OS.C3H8/c1-11-4-6-12(7-5-11)10(13)9-3-2-8-14-9;1-3-2/h2-3,8H,4-7H2,1H3;3H2,1-2H3. The van der Waals surface area contributed by atoms with Gasteiger partial charge in [-0.2, -0.15) is 0 Å². The Kier molecular flexibility index (Phi) is 6.22. The first-order valence-electron chi connectivity index (χ1n) is 6.20. The summed E-state index contributed by atoms with van der Waals surface area (Å²) in [5.74, 6) is 0.188. The fraction of sp³-hybridized carbons (Fsp3) is 0.615. The van der Waals surface area contributed by atoms with Gasteiger partial charge >= 0.3 is 0 Å². The zero-order valence-electron chi connectivity index (χ0n) is 11.0. The quantitative estimate of drug-likeness (QED) is 0.769. The van der Waals surface area contributed by atoms with Gasteiger partial charge in [-0.15, -0.1) is 11.3 Å². The van der Waals surface area contributed by atoms with Crippen molar-refractivity contribution >= 4 is 17.2 Å². The van der Waals surface area contributed by atoms with Crippen molar-refractivity contribution in [3.05, 3.63) is 22.4 Å². The number of carbonyl (C=O) groups is 1. The highest BCUT2D eigenvalue weighted by Crippen LogP contribution is 2.13. The second-order valence-electron chi connectivity index (χ2n) is 4.28. The topological polar surface area (TPSA) is 23.6 Å². The highest BCUT2D eigenvalue weighted by Gasteiger charge is 2.20. The molecule has 2 heterocycles. The summed E-state index contributed by atoms with van der Waals surface area (Å²) in [6.07, 6.45) is 1.25. The van der Waals surface area contributed by atoms with Crippen molar-refractivity contribution in [3.63, 3.8) is 0 Å². The fourth-order valence-electron chi connectivity index (χ4n) is 1.57. The van der Waals surface area contributed by atoms with Gasteiger partial charge in [0.25, 0.3) is 5.91 Å².